The van der Waals surface area contributed by atoms with E-state index < -0.39 is 5.97 Å². The summed E-state index contributed by atoms with van der Waals surface area (Å²) in [6, 6.07) is 16.3. The van der Waals surface area contributed by atoms with Crippen LogP contribution in [-0.2, 0) is 9.53 Å². The van der Waals surface area contributed by atoms with Crippen molar-refractivity contribution in [3.05, 3.63) is 71.3 Å². The van der Waals surface area contributed by atoms with Crippen LogP contribution in [0.5, 0.6) is 0 Å². The fraction of sp³-hybridized carbons (Fsp3) is 0.111. The SMILES string of the molecule is COC(=O)c1ccccc1NC(=O)/C(C)=C/c1ccccc1. The number of rotatable bonds is 4. The Balaban J connectivity index is 2.19. The van der Waals surface area contributed by atoms with E-state index in [-0.39, 0.29) is 5.91 Å². The number of hydrogen-bond acceptors (Lipinski definition) is 3. The van der Waals surface area contributed by atoms with Crippen LogP contribution in [0, 0.1) is 0 Å². The topological polar surface area (TPSA) is 55.4 Å². The molecule has 0 heterocycles. The molecule has 0 atom stereocenters. The normalized spacial score (nSPS) is 10.9. The lowest BCUT2D eigenvalue weighted by atomic mass is 10.1. The molecule has 4 heteroatoms. The van der Waals surface area contributed by atoms with Gasteiger partial charge in [-0.05, 0) is 30.7 Å². The summed E-state index contributed by atoms with van der Waals surface area (Å²) in [5.41, 5.74) is 2.24. The van der Waals surface area contributed by atoms with Gasteiger partial charge in [-0.25, -0.2) is 4.79 Å². The van der Waals surface area contributed by atoms with Crippen LogP contribution in [0.1, 0.15) is 22.8 Å². The number of hydrogen-bond donors (Lipinski definition) is 1. The fourth-order valence-corrected chi connectivity index (χ4v) is 1.97. The molecule has 0 saturated heterocycles. The zero-order valence-corrected chi connectivity index (χ0v) is 12.5. The second-order valence-electron chi connectivity index (χ2n) is 4.73. The summed E-state index contributed by atoms with van der Waals surface area (Å²) in [7, 11) is 1.31. The zero-order valence-electron chi connectivity index (χ0n) is 12.5. The number of para-hydroxylation sites is 1. The van der Waals surface area contributed by atoms with Gasteiger partial charge in [-0.3, -0.25) is 4.79 Å². The van der Waals surface area contributed by atoms with E-state index in [9.17, 15) is 9.59 Å². The molecule has 2 aromatic carbocycles. The minimum absolute atomic E-state index is 0.264. The molecule has 2 aromatic rings. The molecule has 0 radical (unpaired) electrons. The van der Waals surface area contributed by atoms with Crippen LogP contribution in [0.2, 0.25) is 0 Å². The maximum atomic E-state index is 12.2. The molecule has 22 heavy (non-hydrogen) atoms. The van der Waals surface area contributed by atoms with Gasteiger partial charge >= 0.3 is 5.97 Å². The highest BCUT2D eigenvalue weighted by Gasteiger charge is 2.13. The zero-order chi connectivity index (χ0) is 15.9. The summed E-state index contributed by atoms with van der Waals surface area (Å²) in [4.78, 5) is 23.9. The van der Waals surface area contributed by atoms with Crippen molar-refractivity contribution in [3.8, 4) is 0 Å². The largest absolute Gasteiger partial charge is 0.465 e. The summed E-state index contributed by atoms with van der Waals surface area (Å²) in [6.07, 6.45) is 1.79. The molecule has 0 aliphatic carbocycles. The maximum Gasteiger partial charge on any atom is 0.339 e. The summed E-state index contributed by atoms with van der Waals surface area (Å²) < 4.78 is 4.71. The fourth-order valence-electron chi connectivity index (χ4n) is 1.97. The molecule has 0 spiro atoms. The van der Waals surface area contributed by atoms with E-state index in [2.05, 4.69) is 5.32 Å². The minimum atomic E-state index is -0.486. The van der Waals surface area contributed by atoms with E-state index in [1.54, 1.807) is 37.3 Å². The molecule has 0 fully saturated rings. The van der Waals surface area contributed by atoms with Gasteiger partial charge in [0.05, 0.1) is 18.4 Å². The Morgan fingerprint density at radius 2 is 1.64 bits per heavy atom. The lowest BCUT2D eigenvalue weighted by Gasteiger charge is -2.09. The molecule has 4 nitrogen and oxygen atoms in total. The van der Waals surface area contributed by atoms with E-state index >= 15 is 0 Å². The van der Waals surface area contributed by atoms with Gasteiger partial charge < -0.3 is 10.1 Å². The lowest BCUT2D eigenvalue weighted by molar-refractivity contribution is -0.112. The van der Waals surface area contributed by atoms with Crippen LogP contribution in [0.15, 0.2) is 60.2 Å². The van der Waals surface area contributed by atoms with Gasteiger partial charge in [-0.2, -0.15) is 0 Å². The highest BCUT2D eigenvalue weighted by Crippen LogP contribution is 2.17. The lowest BCUT2D eigenvalue weighted by Crippen LogP contribution is -2.15. The third kappa shape index (κ3) is 3.82. The third-order valence-electron chi connectivity index (χ3n) is 3.12. The number of carbonyl (C=O) groups excluding carboxylic acids is 2. The van der Waals surface area contributed by atoms with Crippen molar-refractivity contribution in [1.29, 1.82) is 0 Å². The van der Waals surface area contributed by atoms with E-state index in [0.29, 0.717) is 16.8 Å². The van der Waals surface area contributed by atoms with Gasteiger partial charge in [-0.1, -0.05) is 42.5 Å². The van der Waals surface area contributed by atoms with Gasteiger partial charge in [0.1, 0.15) is 0 Å². The first kappa shape index (κ1) is 15.5. The standard InChI is InChI=1S/C18H17NO3/c1-13(12-14-8-4-3-5-9-14)17(20)19-16-11-7-6-10-15(16)18(21)22-2/h3-12H,1-2H3,(H,19,20)/b13-12+. The second-order valence-corrected chi connectivity index (χ2v) is 4.73. The summed E-state index contributed by atoms with van der Waals surface area (Å²) >= 11 is 0. The van der Waals surface area contributed by atoms with Crippen molar-refractivity contribution >= 4 is 23.6 Å². The number of anilines is 1. The molecule has 0 aliphatic heterocycles. The first-order valence-corrected chi connectivity index (χ1v) is 6.84. The van der Waals surface area contributed by atoms with Crippen LogP contribution in [0.3, 0.4) is 0 Å². The molecule has 0 bridgehead atoms. The predicted molar refractivity (Wildman–Crippen MR) is 86.5 cm³/mol. The first-order chi connectivity index (χ1) is 10.6. The van der Waals surface area contributed by atoms with Crippen molar-refractivity contribution in [3.63, 3.8) is 0 Å². The van der Waals surface area contributed by atoms with Crippen molar-refractivity contribution in [2.45, 2.75) is 6.92 Å². The van der Waals surface area contributed by atoms with Crippen LogP contribution >= 0.6 is 0 Å². The van der Waals surface area contributed by atoms with E-state index in [0.717, 1.165) is 5.56 Å². The summed E-state index contributed by atoms with van der Waals surface area (Å²) in [5.74, 6) is -0.749. The number of methoxy groups -OCH3 is 1. The number of ether oxygens (including phenoxy) is 1. The third-order valence-corrected chi connectivity index (χ3v) is 3.12. The summed E-state index contributed by atoms with van der Waals surface area (Å²) in [6.45, 7) is 1.73. The van der Waals surface area contributed by atoms with E-state index in [1.165, 1.54) is 7.11 Å². The first-order valence-electron chi connectivity index (χ1n) is 6.84. The van der Waals surface area contributed by atoms with E-state index in [1.807, 2.05) is 30.3 Å². The molecule has 0 unspecified atom stereocenters. The number of esters is 1. The Morgan fingerprint density at radius 3 is 2.32 bits per heavy atom. The number of benzene rings is 2. The van der Waals surface area contributed by atoms with Crippen LogP contribution < -0.4 is 5.32 Å². The Bertz CT molecular complexity index is 705. The second kappa shape index (κ2) is 7.22. The molecule has 0 aromatic heterocycles. The summed E-state index contributed by atoms with van der Waals surface area (Å²) in [5, 5.41) is 2.74. The molecular formula is C18H17NO3. The van der Waals surface area contributed by atoms with Gasteiger partial charge in [0.2, 0.25) is 0 Å². The molecule has 0 saturated carbocycles. The van der Waals surface area contributed by atoms with Crippen molar-refractivity contribution in [1.82, 2.24) is 0 Å². The van der Waals surface area contributed by atoms with Gasteiger partial charge in [0.15, 0.2) is 0 Å². The van der Waals surface area contributed by atoms with Crippen LogP contribution in [0.4, 0.5) is 5.69 Å². The van der Waals surface area contributed by atoms with Crippen LogP contribution in [-0.4, -0.2) is 19.0 Å². The molecule has 112 valence electrons. The van der Waals surface area contributed by atoms with Crippen LogP contribution in [0.25, 0.3) is 6.08 Å². The van der Waals surface area contributed by atoms with E-state index in [4.69, 9.17) is 4.74 Å². The van der Waals surface area contributed by atoms with Gasteiger partial charge in [-0.15, -0.1) is 0 Å². The molecule has 1 N–H and O–H groups in total. The molecule has 0 aliphatic rings. The Hall–Kier alpha value is -2.88. The number of amides is 1. The highest BCUT2D eigenvalue weighted by atomic mass is 16.5. The van der Waals surface area contributed by atoms with Gasteiger partial charge in [0, 0.05) is 5.57 Å². The minimum Gasteiger partial charge on any atom is -0.465 e. The Kier molecular flexibility index (Phi) is 5.09. The maximum absolute atomic E-state index is 12.2. The molecule has 1 amide bonds. The Morgan fingerprint density at radius 1 is 1.00 bits per heavy atom. The predicted octanol–water partition coefficient (Wildman–Crippen LogP) is 3.52. The van der Waals surface area contributed by atoms with Crippen molar-refractivity contribution in [2.75, 3.05) is 12.4 Å². The number of nitrogens with one attached hydrogen (secondary N) is 1. The average molecular weight is 295 g/mol. The van der Waals surface area contributed by atoms with Gasteiger partial charge in [0.25, 0.3) is 5.91 Å². The molecular weight excluding hydrogens is 278 g/mol. The number of carbonyl (C=O) groups is 2. The van der Waals surface area contributed by atoms with Crippen molar-refractivity contribution < 1.29 is 14.3 Å². The highest BCUT2D eigenvalue weighted by molar-refractivity contribution is 6.09. The monoisotopic (exact) mass is 295 g/mol. The quantitative estimate of drug-likeness (QED) is 0.693. The average Bonchev–Trinajstić information content (AvgIpc) is 2.55. The van der Waals surface area contributed by atoms with Crippen molar-refractivity contribution in [2.24, 2.45) is 0 Å². The molecule has 2 rings (SSSR count). The Labute approximate surface area is 129 Å². The smallest absolute Gasteiger partial charge is 0.339 e.